The first kappa shape index (κ1) is 29.9. The van der Waals surface area contributed by atoms with Gasteiger partial charge in [0.15, 0.2) is 5.69 Å². The maximum absolute atomic E-state index is 14.1. The average molecular weight is 607 g/mol. The number of alkyl halides is 3. The first-order valence-corrected chi connectivity index (χ1v) is 12.9. The molecule has 0 atom stereocenters. The minimum atomic E-state index is -4.92. The van der Waals surface area contributed by atoms with Crippen LogP contribution < -0.4 is 15.4 Å². The van der Waals surface area contributed by atoms with Crippen LogP contribution in [0, 0.1) is 0 Å². The molecule has 0 aliphatic heterocycles. The second-order valence-electron chi connectivity index (χ2n) is 9.23. The van der Waals surface area contributed by atoms with Crippen LogP contribution in [0.5, 0.6) is 5.88 Å². The van der Waals surface area contributed by atoms with Crippen molar-refractivity contribution in [1.29, 1.82) is 0 Å². The van der Waals surface area contributed by atoms with E-state index in [1.807, 2.05) is 13.8 Å². The molecule has 2 amide bonds. The Kier molecular flexibility index (Phi) is 8.60. The molecule has 4 aromatic rings. The van der Waals surface area contributed by atoms with Crippen molar-refractivity contribution in [2.45, 2.75) is 32.5 Å². The average Bonchev–Trinajstić information content (AvgIpc) is 3.34. The summed E-state index contributed by atoms with van der Waals surface area (Å²) in [4.78, 5) is 28.7. The van der Waals surface area contributed by atoms with Crippen molar-refractivity contribution in [3.8, 4) is 17.1 Å². The normalized spacial score (nSPS) is 11.5. The molecule has 0 saturated heterocycles. The van der Waals surface area contributed by atoms with Crippen LogP contribution >= 0.6 is 23.2 Å². The van der Waals surface area contributed by atoms with Crippen molar-refractivity contribution in [3.63, 3.8) is 0 Å². The third-order valence-corrected chi connectivity index (χ3v) is 6.74. The predicted molar refractivity (Wildman–Crippen MR) is 147 cm³/mol. The molecule has 2 N–H and O–H groups in total. The van der Waals surface area contributed by atoms with Gasteiger partial charge in [0.1, 0.15) is 18.1 Å². The molecular formula is C28H23Cl2F3N4O4. The zero-order chi connectivity index (χ0) is 30.1. The van der Waals surface area contributed by atoms with Crippen LogP contribution in [0.4, 0.5) is 18.9 Å². The topological polar surface area (TPSA) is 112 Å². The number of anilines is 1. The second kappa shape index (κ2) is 11.8. The summed E-state index contributed by atoms with van der Waals surface area (Å²) >= 11 is 12.7. The summed E-state index contributed by atoms with van der Waals surface area (Å²) in [6, 6.07) is 12.4. The highest BCUT2D eigenvalue weighted by Crippen LogP contribution is 2.40. The number of hydrogen-bond acceptors (Lipinski definition) is 6. The molecule has 4 rings (SSSR count). The number of primary amides is 1. The van der Waals surface area contributed by atoms with Crippen molar-refractivity contribution < 1.29 is 32.0 Å². The molecule has 0 aliphatic carbocycles. The van der Waals surface area contributed by atoms with Crippen molar-refractivity contribution in [2.75, 3.05) is 11.9 Å². The molecule has 0 bridgehead atoms. The number of ether oxygens (including phenoxy) is 1. The lowest BCUT2D eigenvalue weighted by Gasteiger charge is -2.22. The zero-order valence-corrected chi connectivity index (χ0v) is 23.4. The SMILES string of the molecule is CC(C)c1onc(-c2c(Cl)cccc2Cl)c1COc1ccc(N(C)C(=O)c2ccc(C(N)=O)cc2)c(C(F)(F)F)n1. The second-order valence-corrected chi connectivity index (χ2v) is 10.0. The third kappa shape index (κ3) is 6.31. The van der Waals surface area contributed by atoms with Gasteiger partial charge in [-0.05, 0) is 42.5 Å². The molecule has 0 unspecified atom stereocenters. The molecule has 2 aromatic carbocycles. The van der Waals surface area contributed by atoms with Crippen molar-refractivity contribution in [1.82, 2.24) is 10.1 Å². The smallest absolute Gasteiger partial charge is 0.435 e. The highest BCUT2D eigenvalue weighted by atomic mass is 35.5. The van der Waals surface area contributed by atoms with Gasteiger partial charge in [-0.2, -0.15) is 13.2 Å². The van der Waals surface area contributed by atoms with Crippen LogP contribution in [0.2, 0.25) is 10.0 Å². The van der Waals surface area contributed by atoms with E-state index >= 15 is 0 Å². The molecule has 0 spiro atoms. The highest BCUT2D eigenvalue weighted by molar-refractivity contribution is 6.39. The molecule has 0 fully saturated rings. The lowest BCUT2D eigenvalue weighted by atomic mass is 10.0. The first-order valence-electron chi connectivity index (χ1n) is 12.1. The molecule has 0 saturated carbocycles. The Morgan fingerprint density at radius 3 is 2.20 bits per heavy atom. The Bertz CT molecular complexity index is 1580. The number of rotatable bonds is 8. The van der Waals surface area contributed by atoms with Gasteiger partial charge in [-0.1, -0.05) is 48.3 Å². The van der Waals surface area contributed by atoms with Crippen LogP contribution in [0.3, 0.4) is 0 Å². The summed E-state index contributed by atoms with van der Waals surface area (Å²) in [6.07, 6.45) is -4.92. The molecule has 2 aromatic heterocycles. The fraction of sp³-hybridized carbons (Fsp3) is 0.214. The van der Waals surface area contributed by atoms with Gasteiger partial charge in [0.25, 0.3) is 5.91 Å². The molecule has 8 nitrogen and oxygen atoms in total. The fourth-order valence-corrected chi connectivity index (χ4v) is 4.63. The molecule has 13 heteroatoms. The Balaban J connectivity index is 1.65. The quantitative estimate of drug-likeness (QED) is 0.228. The highest BCUT2D eigenvalue weighted by Gasteiger charge is 2.38. The molecular weight excluding hydrogens is 584 g/mol. The van der Waals surface area contributed by atoms with Crippen LogP contribution in [-0.4, -0.2) is 29.0 Å². The van der Waals surface area contributed by atoms with E-state index in [0.717, 1.165) is 11.0 Å². The Morgan fingerprint density at radius 2 is 1.63 bits per heavy atom. The summed E-state index contributed by atoms with van der Waals surface area (Å²) in [5.41, 5.74) is 4.71. The van der Waals surface area contributed by atoms with E-state index in [4.69, 9.17) is 38.2 Å². The molecule has 0 radical (unpaired) electrons. The van der Waals surface area contributed by atoms with Crippen molar-refractivity contribution in [3.05, 3.63) is 92.8 Å². The summed E-state index contributed by atoms with van der Waals surface area (Å²) in [5.74, 6) is -1.51. The van der Waals surface area contributed by atoms with Crippen molar-refractivity contribution in [2.24, 2.45) is 5.73 Å². The van der Waals surface area contributed by atoms with E-state index in [1.54, 1.807) is 18.2 Å². The summed E-state index contributed by atoms with van der Waals surface area (Å²) in [7, 11) is 1.18. The molecule has 214 valence electrons. The van der Waals surface area contributed by atoms with E-state index in [-0.39, 0.29) is 29.5 Å². The monoisotopic (exact) mass is 606 g/mol. The van der Waals surface area contributed by atoms with Gasteiger partial charge >= 0.3 is 6.18 Å². The van der Waals surface area contributed by atoms with E-state index < -0.39 is 29.4 Å². The number of amides is 2. The van der Waals surface area contributed by atoms with Crippen LogP contribution in [0.15, 0.2) is 59.1 Å². The summed E-state index contributed by atoms with van der Waals surface area (Å²) in [6.45, 7) is 3.45. The Morgan fingerprint density at radius 1 is 1.02 bits per heavy atom. The molecule has 41 heavy (non-hydrogen) atoms. The predicted octanol–water partition coefficient (Wildman–Crippen LogP) is 7.14. The van der Waals surface area contributed by atoms with Crippen LogP contribution in [0.25, 0.3) is 11.3 Å². The lowest BCUT2D eigenvalue weighted by Crippen LogP contribution is -2.29. The van der Waals surface area contributed by atoms with Crippen LogP contribution in [-0.2, 0) is 12.8 Å². The number of carbonyl (C=O) groups is 2. The number of halogens is 5. The number of nitrogens with zero attached hydrogens (tertiary/aromatic N) is 3. The standard InChI is InChI=1S/C28H23Cl2F3N4O4/c1-14(2)24-17(23(36-41-24)22-18(29)5-4-6-19(22)30)13-40-21-12-11-20(25(35-21)28(31,32)33)37(3)27(39)16-9-7-15(8-10-16)26(34)38/h4-12,14H,13H2,1-3H3,(H2,34,38). The van der Waals surface area contributed by atoms with Gasteiger partial charge in [0.2, 0.25) is 11.8 Å². The number of benzene rings is 2. The number of hydrogen-bond donors (Lipinski definition) is 1. The van der Waals surface area contributed by atoms with E-state index in [2.05, 4.69) is 10.1 Å². The number of nitrogens with two attached hydrogens (primary N) is 1. The maximum atomic E-state index is 14.1. The van der Waals surface area contributed by atoms with Crippen molar-refractivity contribution >= 4 is 40.7 Å². The summed E-state index contributed by atoms with van der Waals surface area (Å²) < 4.78 is 53.5. The maximum Gasteiger partial charge on any atom is 0.435 e. The first-order chi connectivity index (χ1) is 19.3. The van der Waals surface area contributed by atoms with Gasteiger partial charge < -0.3 is 19.9 Å². The van der Waals surface area contributed by atoms with Crippen LogP contribution in [0.1, 0.15) is 57.5 Å². The fourth-order valence-electron chi connectivity index (χ4n) is 4.06. The van der Waals surface area contributed by atoms with E-state index in [0.29, 0.717) is 32.6 Å². The molecule has 2 heterocycles. The van der Waals surface area contributed by atoms with Gasteiger partial charge in [-0.25, -0.2) is 4.98 Å². The molecule has 0 aliphatic rings. The van der Waals surface area contributed by atoms with Gasteiger partial charge in [-0.3, -0.25) is 9.59 Å². The minimum absolute atomic E-state index is 0.0467. The number of pyridine rings is 1. The Hall–Kier alpha value is -4.09. The number of aromatic nitrogens is 2. The lowest BCUT2D eigenvalue weighted by molar-refractivity contribution is -0.140. The largest absolute Gasteiger partial charge is 0.473 e. The van der Waals surface area contributed by atoms with E-state index in [9.17, 15) is 22.8 Å². The van der Waals surface area contributed by atoms with E-state index in [1.165, 1.54) is 37.4 Å². The summed E-state index contributed by atoms with van der Waals surface area (Å²) in [5, 5.41) is 4.72. The number of carbonyl (C=O) groups excluding carboxylic acids is 2. The van der Waals surface area contributed by atoms with Gasteiger partial charge in [0, 0.05) is 35.7 Å². The zero-order valence-electron chi connectivity index (χ0n) is 21.9. The Labute approximate surface area is 242 Å². The van der Waals surface area contributed by atoms with Gasteiger partial charge in [0.05, 0.1) is 21.3 Å². The minimum Gasteiger partial charge on any atom is -0.473 e. The van der Waals surface area contributed by atoms with Gasteiger partial charge in [-0.15, -0.1) is 0 Å². The third-order valence-electron chi connectivity index (χ3n) is 6.11.